The summed E-state index contributed by atoms with van der Waals surface area (Å²) in [6.07, 6.45) is 1.50. The van der Waals surface area contributed by atoms with E-state index in [1.165, 1.54) is 0 Å². The van der Waals surface area contributed by atoms with Crippen LogP contribution in [0.25, 0.3) is 11.0 Å². The monoisotopic (exact) mass is 429 g/mol. The van der Waals surface area contributed by atoms with Crippen molar-refractivity contribution >= 4 is 16.9 Å². The molecule has 0 fully saturated rings. The fourth-order valence-electron chi connectivity index (χ4n) is 3.65. The fourth-order valence-corrected chi connectivity index (χ4v) is 3.65. The molecule has 3 aromatic carbocycles. The molecule has 164 valence electrons. The van der Waals surface area contributed by atoms with Crippen molar-refractivity contribution in [3.05, 3.63) is 90.3 Å². The average molecular weight is 430 g/mol. The lowest BCUT2D eigenvalue weighted by atomic mass is 10.2. The Morgan fingerprint density at radius 3 is 2.59 bits per heavy atom. The number of methoxy groups -OCH3 is 1. The number of rotatable bonds is 10. The molecule has 0 aliphatic heterocycles. The third-order valence-corrected chi connectivity index (χ3v) is 5.24. The molecule has 0 unspecified atom stereocenters. The van der Waals surface area contributed by atoms with Gasteiger partial charge in [0.15, 0.2) is 0 Å². The molecule has 0 spiro atoms. The van der Waals surface area contributed by atoms with Crippen LogP contribution in [0.4, 0.5) is 0 Å². The summed E-state index contributed by atoms with van der Waals surface area (Å²) in [7, 11) is 1.59. The van der Waals surface area contributed by atoms with Gasteiger partial charge in [-0.15, -0.1) is 0 Å². The van der Waals surface area contributed by atoms with Gasteiger partial charge in [-0.25, -0.2) is 4.98 Å². The Kier molecular flexibility index (Phi) is 7.02. The van der Waals surface area contributed by atoms with Crippen LogP contribution in [0.2, 0.25) is 0 Å². The van der Waals surface area contributed by atoms with Crippen molar-refractivity contribution in [2.45, 2.75) is 19.4 Å². The number of aryl methyl sites for hydroxylation is 1. The zero-order chi connectivity index (χ0) is 22.2. The predicted octanol–water partition coefficient (Wildman–Crippen LogP) is 4.49. The van der Waals surface area contributed by atoms with Crippen LogP contribution in [0, 0.1) is 0 Å². The van der Waals surface area contributed by atoms with E-state index < -0.39 is 0 Å². The highest BCUT2D eigenvalue weighted by atomic mass is 16.5. The number of benzene rings is 3. The van der Waals surface area contributed by atoms with E-state index >= 15 is 0 Å². The molecular formula is C26H27N3O3. The number of aromatic nitrogens is 2. The van der Waals surface area contributed by atoms with Crippen molar-refractivity contribution in [2.24, 2.45) is 0 Å². The Morgan fingerprint density at radius 1 is 0.969 bits per heavy atom. The zero-order valence-electron chi connectivity index (χ0n) is 18.2. The summed E-state index contributed by atoms with van der Waals surface area (Å²) in [6.45, 7) is 1.93. The number of amides is 1. The lowest BCUT2D eigenvalue weighted by molar-refractivity contribution is 0.0953. The highest BCUT2D eigenvalue weighted by Gasteiger charge is 2.12. The molecule has 4 aromatic rings. The van der Waals surface area contributed by atoms with Crippen LogP contribution >= 0.6 is 0 Å². The van der Waals surface area contributed by atoms with Crippen LogP contribution in [-0.2, 0) is 13.0 Å². The van der Waals surface area contributed by atoms with Gasteiger partial charge in [0, 0.05) is 25.1 Å². The van der Waals surface area contributed by atoms with Gasteiger partial charge in [-0.05, 0) is 48.9 Å². The van der Waals surface area contributed by atoms with Gasteiger partial charge in [-0.3, -0.25) is 4.79 Å². The minimum absolute atomic E-state index is 0.122. The molecule has 0 radical (unpaired) electrons. The molecule has 1 amide bonds. The Balaban J connectivity index is 1.37. The fraction of sp³-hybridized carbons (Fsp3) is 0.231. The van der Waals surface area contributed by atoms with Crippen molar-refractivity contribution in [3.63, 3.8) is 0 Å². The first-order valence-corrected chi connectivity index (χ1v) is 10.8. The predicted molar refractivity (Wildman–Crippen MR) is 125 cm³/mol. The highest BCUT2D eigenvalue weighted by molar-refractivity contribution is 5.94. The number of hydrogen-bond acceptors (Lipinski definition) is 4. The van der Waals surface area contributed by atoms with Crippen LogP contribution in [-0.4, -0.2) is 35.7 Å². The van der Waals surface area contributed by atoms with Crippen LogP contribution < -0.4 is 14.8 Å². The maximum absolute atomic E-state index is 12.5. The van der Waals surface area contributed by atoms with Crippen molar-refractivity contribution in [3.8, 4) is 11.5 Å². The zero-order valence-corrected chi connectivity index (χ0v) is 18.2. The smallest absolute Gasteiger partial charge is 0.251 e. The number of fused-ring (bicyclic) bond motifs is 1. The molecule has 1 heterocycles. The summed E-state index contributed by atoms with van der Waals surface area (Å²) in [5, 5.41) is 2.99. The van der Waals surface area contributed by atoms with Gasteiger partial charge in [-0.1, -0.05) is 36.4 Å². The standard InChI is InChI=1S/C26H27N3O3/c1-31-22-12-7-9-20(19-22)26(30)27-16-15-25-28-23-13-5-6-14-24(23)29(25)17-8-18-32-21-10-3-2-4-11-21/h2-7,9-14,19H,8,15-18H2,1H3,(H,27,30). The van der Waals surface area contributed by atoms with Gasteiger partial charge >= 0.3 is 0 Å². The first-order chi connectivity index (χ1) is 15.7. The minimum atomic E-state index is -0.122. The van der Waals surface area contributed by atoms with Crippen LogP contribution in [0.3, 0.4) is 0 Å². The molecule has 1 N–H and O–H groups in total. The summed E-state index contributed by atoms with van der Waals surface area (Å²) in [6, 6.07) is 25.1. The van der Waals surface area contributed by atoms with E-state index in [2.05, 4.69) is 16.0 Å². The number of imidazole rings is 1. The van der Waals surface area contributed by atoms with Gasteiger partial charge in [-0.2, -0.15) is 0 Å². The van der Waals surface area contributed by atoms with Gasteiger partial charge in [0.2, 0.25) is 0 Å². The van der Waals surface area contributed by atoms with E-state index in [0.29, 0.717) is 30.9 Å². The number of hydrogen-bond donors (Lipinski definition) is 1. The maximum Gasteiger partial charge on any atom is 0.251 e. The topological polar surface area (TPSA) is 65.4 Å². The number of nitrogens with zero attached hydrogens (tertiary/aromatic N) is 2. The molecule has 32 heavy (non-hydrogen) atoms. The second kappa shape index (κ2) is 10.5. The summed E-state index contributed by atoms with van der Waals surface area (Å²) in [5.41, 5.74) is 2.64. The van der Waals surface area contributed by atoms with E-state index in [9.17, 15) is 4.79 Å². The van der Waals surface area contributed by atoms with E-state index in [-0.39, 0.29) is 5.91 Å². The first kappa shape index (κ1) is 21.4. The molecule has 4 rings (SSSR count). The van der Waals surface area contributed by atoms with Gasteiger partial charge in [0.05, 0.1) is 24.8 Å². The van der Waals surface area contributed by atoms with Crippen molar-refractivity contribution in [1.82, 2.24) is 14.9 Å². The van der Waals surface area contributed by atoms with Crippen molar-refractivity contribution in [1.29, 1.82) is 0 Å². The molecule has 0 saturated heterocycles. The van der Waals surface area contributed by atoms with E-state index in [1.54, 1.807) is 19.2 Å². The largest absolute Gasteiger partial charge is 0.497 e. The molecule has 6 heteroatoms. The molecule has 1 aromatic heterocycles. The average Bonchev–Trinajstić information content (AvgIpc) is 3.19. The molecule has 0 bridgehead atoms. The molecule has 0 aliphatic rings. The third kappa shape index (κ3) is 5.27. The lowest BCUT2D eigenvalue weighted by Gasteiger charge is -2.11. The Bertz CT molecular complexity index is 1170. The second-order valence-electron chi connectivity index (χ2n) is 7.42. The molecule has 0 saturated carbocycles. The first-order valence-electron chi connectivity index (χ1n) is 10.8. The summed E-state index contributed by atoms with van der Waals surface area (Å²) in [5.74, 6) is 2.38. The molecule has 6 nitrogen and oxygen atoms in total. The quantitative estimate of drug-likeness (QED) is 0.377. The number of para-hydroxylation sites is 3. The van der Waals surface area contributed by atoms with Gasteiger partial charge in [0.25, 0.3) is 5.91 Å². The number of ether oxygens (including phenoxy) is 2. The lowest BCUT2D eigenvalue weighted by Crippen LogP contribution is -2.26. The van der Waals surface area contributed by atoms with Gasteiger partial charge < -0.3 is 19.4 Å². The summed E-state index contributed by atoms with van der Waals surface area (Å²) in [4.78, 5) is 17.3. The SMILES string of the molecule is COc1cccc(C(=O)NCCc2nc3ccccc3n2CCCOc2ccccc2)c1. The van der Waals surface area contributed by atoms with Crippen LogP contribution in [0.15, 0.2) is 78.9 Å². The Morgan fingerprint density at radius 2 is 1.75 bits per heavy atom. The Labute approximate surface area is 187 Å². The van der Waals surface area contributed by atoms with Crippen molar-refractivity contribution in [2.75, 3.05) is 20.3 Å². The Hall–Kier alpha value is -3.80. The minimum Gasteiger partial charge on any atom is -0.497 e. The van der Waals surface area contributed by atoms with Crippen molar-refractivity contribution < 1.29 is 14.3 Å². The third-order valence-electron chi connectivity index (χ3n) is 5.24. The molecule has 0 aliphatic carbocycles. The van der Waals surface area contributed by atoms with E-state index in [4.69, 9.17) is 14.5 Å². The van der Waals surface area contributed by atoms with Crippen LogP contribution in [0.5, 0.6) is 11.5 Å². The number of nitrogens with one attached hydrogen (secondary N) is 1. The van der Waals surface area contributed by atoms with E-state index in [0.717, 1.165) is 35.6 Å². The second-order valence-corrected chi connectivity index (χ2v) is 7.42. The highest BCUT2D eigenvalue weighted by Crippen LogP contribution is 2.18. The maximum atomic E-state index is 12.5. The van der Waals surface area contributed by atoms with Crippen LogP contribution in [0.1, 0.15) is 22.6 Å². The molecule has 0 atom stereocenters. The van der Waals surface area contributed by atoms with Gasteiger partial charge in [0.1, 0.15) is 17.3 Å². The summed E-state index contributed by atoms with van der Waals surface area (Å²) >= 11 is 0. The van der Waals surface area contributed by atoms with E-state index in [1.807, 2.05) is 60.7 Å². The number of carbonyl (C=O) groups excluding carboxylic acids is 1. The number of carbonyl (C=O) groups is 1. The summed E-state index contributed by atoms with van der Waals surface area (Å²) < 4.78 is 13.3. The molecular weight excluding hydrogens is 402 g/mol. The normalized spacial score (nSPS) is 10.8.